The highest BCUT2D eigenvalue weighted by molar-refractivity contribution is 5.57. The van der Waals surface area contributed by atoms with Crippen molar-refractivity contribution in [3.8, 4) is 5.75 Å². The van der Waals surface area contributed by atoms with Crippen LogP contribution in [-0.4, -0.2) is 50.3 Å². The Labute approximate surface area is 102 Å². The van der Waals surface area contributed by atoms with Gasteiger partial charge in [0.15, 0.2) is 0 Å². The van der Waals surface area contributed by atoms with E-state index >= 15 is 0 Å². The molecular formula is C13H19N3O. The molecule has 2 aliphatic rings. The van der Waals surface area contributed by atoms with Crippen LogP contribution in [0.1, 0.15) is 0 Å². The lowest BCUT2D eigenvalue weighted by Gasteiger charge is -2.33. The summed E-state index contributed by atoms with van der Waals surface area (Å²) in [5.41, 5.74) is 1.11. The van der Waals surface area contributed by atoms with E-state index in [1.807, 2.05) is 18.2 Å². The normalized spacial score (nSPS) is 24.6. The summed E-state index contributed by atoms with van der Waals surface area (Å²) >= 11 is 0. The summed E-state index contributed by atoms with van der Waals surface area (Å²) in [6.45, 7) is 6.36. The fourth-order valence-electron chi connectivity index (χ4n) is 2.44. The number of hydrogen-bond acceptors (Lipinski definition) is 4. The van der Waals surface area contributed by atoms with Crippen molar-refractivity contribution in [2.24, 2.45) is 0 Å². The predicted octanol–water partition coefficient (Wildman–Crippen LogP) is 0.765. The third-order valence-electron chi connectivity index (χ3n) is 3.37. The molecule has 1 atom stereocenters. The summed E-state index contributed by atoms with van der Waals surface area (Å²) in [4.78, 5) is 2.47. The smallest absolute Gasteiger partial charge is 0.142 e. The molecule has 2 heterocycles. The summed E-state index contributed by atoms with van der Waals surface area (Å²) in [5, 5.41) is 6.80. The van der Waals surface area contributed by atoms with E-state index in [1.165, 1.54) is 0 Å². The summed E-state index contributed by atoms with van der Waals surface area (Å²) < 4.78 is 6.01. The van der Waals surface area contributed by atoms with E-state index < -0.39 is 0 Å². The highest BCUT2D eigenvalue weighted by Crippen LogP contribution is 2.28. The van der Waals surface area contributed by atoms with Crippen LogP contribution in [0.2, 0.25) is 0 Å². The van der Waals surface area contributed by atoms with Gasteiger partial charge in [0.2, 0.25) is 0 Å². The van der Waals surface area contributed by atoms with Gasteiger partial charge >= 0.3 is 0 Å². The van der Waals surface area contributed by atoms with Gasteiger partial charge in [-0.15, -0.1) is 0 Å². The van der Waals surface area contributed by atoms with Gasteiger partial charge in [-0.2, -0.15) is 0 Å². The average molecular weight is 233 g/mol. The minimum absolute atomic E-state index is 0.267. The van der Waals surface area contributed by atoms with Gasteiger partial charge in [-0.3, -0.25) is 4.90 Å². The monoisotopic (exact) mass is 233 g/mol. The topological polar surface area (TPSA) is 36.5 Å². The molecule has 0 radical (unpaired) electrons. The Hall–Kier alpha value is -1.26. The maximum atomic E-state index is 6.01. The molecule has 0 amide bonds. The fourth-order valence-corrected chi connectivity index (χ4v) is 2.44. The zero-order valence-electron chi connectivity index (χ0n) is 9.98. The third kappa shape index (κ3) is 2.53. The first-order valence-corrected chi connectivity index (χ1v) is 6.34. The van der Waals surface area contributed by atoms with Crippen LogP contribution >= 0.6 is 0 Å². The third-order valence-corrected chi connectivity index (χ3v) is 3.37. The molecule has 1 aromatic rings. The zero-order valence-corrected chi connectivity index (χ0v) is 9.98. The molecule has 1 saturated heterocycles. The number of nitrogens with zero attached hydrogens (tertiary/aromatic N) is 1. The number of nitrogens with one attached hydrogen (secondary N) is 2. The first-order chi connectivity index (χ1) is 8.42. The van der Waals surface area contributed by atoms with Crippen LogP contribution in [0.25, 0.3) is 0 Å². The highest BCUT2D eigenvalue weighted by Gasteiger charge is 2.22. The first-order valence-electron chi connectivity index (χ1n) is 6.34. The molecule has 92 valence electrons. The van der Waals surface area contributed by atoms with Gasteiger partial charge in [0, 0.05) is 32.7 Å². The van der Waals surface area contributed by atoms with Crippen molar-refractivity contribution in [3.05, 3.63) is 24.3 Å². The molecule has 0 spiro atoms. The molecule has 17 heavy (non-hydrogen) atoms. The second-order valence-electron chi connectivity index (χ2n) is 4.67. The van der Waals surface area contributed by atoms with Crippen LogP contribution in [0.5, 0.6) is 5.75 Å². The fraction of sp³-hybridized carbons (Fsp3) is 0.538. The van der Waals surface area contributed by atoms with Gasteiger partial charge in [0.1, 0.15) is 11.9 Å². The largest absolute Gasteiger partial charge is 0.485 e. The number of benzene rings is 1. The first kappa shape index (κ1) is 10.9. The second kappa shape index (κ2) is 4.94. The van der Waals surface area contributed by atoms with E-state index in [9.17, 15) is 0 Å². The minimum Gasteiger partial charge on any atom is -0.485 e. The maximum Gasteiger partial charge on any atom is 0.142 e. The van der Waals surface area contributed by atoms with Crippen molar-refractivity contribution >= 4 is 5.69 Å². The van der Waals surface area contributed by atoms with Gasteiger partial charge < -0.3 is 15.4 Å². The molecule has 0 aliphatic carbocycles. The van der Waals surface area contributed by atoms with E-state index in [1.54, 1.807) is 0 Å². The van der Waals surface area contributed by atoms with Crippen LogP contribution in [0.4, 0.5) is 5.69 Å². The molecule has 0 aromatic heterocycles. The summed E-state index contributed by atoms with van der Waals surface area (Å²) in [6, 6.07) is 8.15. The van der Waals surface area contributed by atoms with E-state index in [0.717, 1.165) is 50.7 Å². The minimum atomic E-state index is 0.267. The molecule has 2 N–H and O–H groups in total. The van der Waals surface area contributed by atoms with E-state index in [2.05, 4.69) is 21.6 Å². The highest BCUT2D eigenvalue weighted by atomic mass is 16.5. The van der Waals surface area contributed by atoms with Gasteiger partial charge in [-0.05, 0) is 12.1 Å². The van der Waals surface area contributed by atoms with Crippen molar-refractivity contribution < 1.29 is 4.74 Å². The van der Waals surface area contributed by atoms with Crippen LogP contribution in [0.15, 0.2) is 24.3 Å². The Morgan fingerprint density at radius 3 is 2.94 bits per heavy atom. The van der Waals surface area contributed by atoms with Gasteiger partial charge in [-0.25, -0.2) is 0 Å². The summed E-state index contributed by atoms with van der Waals surface area (Å²) in [6.07, 6.45) is 0.267. The van der Waals surface area contributed by atoms with E-state index in [4.69, 9.17) is 4.74 Å². The molecule has 2 aliphatic heterocycles. The molecule has 0 saturated carbocycles. The van der Waals surface area contributed by atoms with Gasteiger partial charge in [0.05, 0.1) is 12.2 Å². The summed E-state index contributed by atoms with van der Waals surface area (Å²) in [5.74, 6) is 0.985. The number of hydrogen-bond donors (Lipinski definition) is 2. The van der Waals surface area contributed by atoms with Gasteiger partial charge in [-0.1, -0.05) is 12.1 Å². The molecule has 3 rings (SSSR count). The maximum absolute atomic E-state index is 6.01. The molecule has 0 bridgehead atoms. The Morgan fingerprint density at radius 1 is 1.24 bits per heavy atom. The van der Waals surface area contributed by atoms with Crippen molar-refractivity contribution in [2.75, 3.05) is 44.6 Å². The number of fused-ring (bicyclic) bond motifs is 1. The molecule has 4 nitrogen and oxygen atoms in total. The standard InChI is InChI=1S/C13H19N3O/c1-2-4-13-12(3-1)15-9-11(17-13)10-16-7-5-14-6-8-16/h1-4,11,14-15H,5-10H2. The molecule has 1 aromatic carbocycles. The second-order valence-corrected chi connectivity index (χ2v) is 4.67. The number of para-hydroxylation sites is 2. The van der Waals surface area contributed by atoms with Crippen LogP contribution < -0.4 is 15.4 Å². The van der Waals surface area contributed by atoms with E-state index in [0.29, 0.717) is 0 Å². The van der Waals surface area contributed by atoms with Crippen LogP contribution in [0, 0.1) is 0 Å². The predicted molar refractivity (Wildman–Crippen MR) is 68.7 cm³/mol. The average Bonchev–Trinajstić information content (AvgIpc) is 2.40. The van der Waals surface area contributed by atoms with E-state index in [-0.39, 0.29) is 6.10 Å². The van der Waals surface area contributed by atoms with Crippen LogP contribution in [0.3, 0.4) is 0 Å². The Bertz CT molecular complexity index is 377. The molecule has 1 fully saturated rings. The van der Waals surface area contributed by atoms with Gasteiger partial charge in [0.25, 0.3) is 0 Å². The molecule has 1 unspecified atom stereocenters. The quantitative estimate of drug-likeness (QED) is 0.791. The van der Waals surface area contributed by atoms with Crippen molar-refractivity contribution in [2.45, 2.75) is 6.10 Å². The number of piperazine rings is 1. The Balaban J connectivity index is 1.60. The lowest BCUT2D eigenvalue weighted by molar-refractivity contribution is 0.127. The van der Waals surface area contributed by atoms with Crippen molar-refractivity contribution in [1.82, 2.24) is 10.2 Å². The number of anilines is 1. The number of rotatable bonds is 2. The Morgan fingerprint density at radius 2 is 2.06 bits per heavy atom. The van der Waals surface area contributed by atoms with Crippen molar-refractivity contribution in [3.63, 3.8) is 0 Å². The summed E-state index contributed by atoms with van der Waals surface area (Å²) in [7, 11) is 0. The zero-order chi connectivity index (χ0) is 11.5. The molecular weight excluding hydrogens is 214 g/mol. The number of ether oxygens (including phenoxy) is 1. The lowest BCUT2D eigenvalue weighted by atomic mass is 10.2. The SMILES string of the molecule is c1ccc2c(c1)NCC(CN1CCNCC1)O2. The van der Waals surface area contributed by atoms with Crippen LogP contribution in [-0.2, 0) is 0 Å². The Kier molecular flexibility index (Phi) is 3.16. The molecule has 4 heteroatoms. The lowest BCUT2D eigenvalue weighted by Crippen LogP contribution is -2.49. The van der Waals surface area contributed by atoms with Crippen molar-refractivity contribution in [1.29, 1.82) is 0 Å².